The molecule has 0 amide bonds. The van der Waals surface area contributed by atoms with Gasteiger partial charge >= 0.3 is 5.69 Å². The number of fused-ring (bicyclic) bond motifs is 1. The number of aryl methyl sites for hydroxylation is 2. The average molecular weight is 405 g/mol. The first-order chi connectivity index (χ1) is 13.9. The zero-order valence-electron chi connectivity index (χ0n) is 16.8. The van der Waals surface area contributed by atoms with Crippen LogP contribution in [0, 0.1) is 11.6 Å². The Labute approximate surface area is 166 Å². The Balaban J connectivity index is 1.94. The van der Waals surface area contributed by atoms with Crippen molar-refractivity contribution in [1.29, 1.82) is 0 Å². The lowest BCUT2D eigenvalue weighted by Gasteiger charge is -2.15. The van der Waals surface area contributed by atoms with E-state index in [1.54, 1.807) is 4.57 Å². The lowest BCUT2D eigenvalue weighted by Crippen LogP contribution is -2.31. The molecule has 2 aromatic heterocycles. The normalized spacial score (nSPS) is 12.6. The Morgan fingerprint density at radius 1 is 1.17 bits per heavy atom. The molecule has 9 heteroatoms. The summed E-state index contributed by atoms with van der Waals surface area (Å²) in [4.78, 5) is 31.6. The van der Waals surface area contributed by atoms with Gasteiger partial charge in [-0.25, -0.2) is 18.6 Å². The van der Waals surface area contributed by atoms with Crippen LogP contribution in [0.4, 0.5) is 8.78 Å². The van der Waals surface area contributed by atoms with Gasteiger partial charge in [0.15, 0.2) is 22.8 Å². The summed E-state index contributed by atoms with van der Waals surface area (Å²) < 4.78 is 29.9. The molecule has 7 nitrogen and oxygen atoms in total. The van der Waals surface area contributed by atoms with Crippen LogP contribution in [0.3, 0.4) is 0 Å². The summed E-state index contributed by atoms with van der Waals surface area (Å²) in [5.74, 6) is -1.19. The molecule has 1 aromatic carbocycles. The summed E-state index contributed by atoms with van der Waals surface area (Å²) in [6.07, 6.45) is 1.70. The predicted octanol–water partition coefficient (Wildman–Crippen LogP) is 2.84. The standard InChI is InChI=1S/C20H25F2N5O2/c1-4-6-9-27-18-17(19(28)25-20(27)29)26(5-2)16(24-18)11-23-12(3)13-7-8-14(21)15(22)10-13/h7-8,10,12,23H,4-6,9,11H2,1-3H3,(H,25,28,29). The van der Waals surface area contributed by atoms with E-state index in [2.05, 4.69) is 15.3 Å². The maximum absolute atomic E-state index is 13.5. The van der Waals surface area contributed by atoms with Crippen molar-refractivity contribution < 1.29 is 8.78 Å². The maximum Gasteiger partial charge on any atom is 0.330 e. The van der Waals surface area contributed by atoms with E-state index in [1.807, 2.05) is 20.8 Å². The van der Waals surface area contributed by atoms with Crippen molar-refractivity contribution in [2.24, 2.45) is 0 Å². The highest BCUT2D eigenvalue weighted by Crippen LogP contribution is 2.18. The third-order valence-corrected chi connectivity index (χ3v) is 5.03. The summed E-state index contributed by atoms with van der Waals surface area (Å²) in [7, 11) is 0. The molecule has 0 aliphatic carbocycles. The lowest BCUT2D eigenvalue weighted by molar-refractivity contribution is 0.498. The van der Waals surface area contributed by atoms with Crippen LogP contribution in [0.15, 0.2) is 27.8 Å². The van der Waals surface area contributed by atoms with Crippen molar-refractivity contribution in [3.05, 3.63) is 62.1 Å². The molecule has 2 heterocycles. The molecule has 1 atom stereocenters. The van der Waals surface area contributed by atoms with E-state index in [9.17, 15) is 18.4 Å². The molecule has 0 saturated heterocycles. The van der Waals surface area contributed by atoms with Crippen molar-refractivity contribution >= 4 is 11.2 Å². The highest BCUT2D eigenvalue weighted by Gasteiger charge is 2.18. The quantitative estimate of drug-likeness (QED) is 0.604. The van der Waals surface area contributed by atoms with Gasteiger partial charge in [0.1, 0.15) is 5.82 Å². The number of aromatic nitrogens is 4. The molecular formula is C20H25F2N5O2. The van der Waals surface area contributed by atoms with E-state index < -0.39 is 22.9 Å². The Kier molecular flexibility index (Phi) is 6.26. The molecule has 0 bridgehead atoms. The van der Waals surface area contributed by atoms with E-state index in [1.165, 1.54) is 10.6 Å². The van der Waals surface area contributed by atoms with Crippen LogP contribution >= 0.6 is 0 Å². The summed E-state index contributed by atoms with van der Waals surface area (Å²) in [6, 6.07) is 3.50. The number of imidazole rings is 1. The number of rotatable bonds is 8. The molecule has 0 spiro atoms. The van der Waals surface area contributed by atoms with Gasteiger partial charge in [-0.2, -0.15) is 0 Å². The van der Waals surface area contributed by atoms with Crippen LogP contribution in [-0.4, -0.2) is 19.1 Å². The smallest absolute Gasteiger partial charge is 0.321 e. The molecular weight excluding hydrogens is 380 g/mol. The first kappa shape index (κ1) is 20.9. The second kappa shape index (κ2) is 8.69. The highest BCUT2D eigenvalue weighted by atomic mass is 19.2. The van der Waals surface area contributed by atoms with Gasteiger partial charge in [0.25, 0.3) is 5.56 Å². The zero-order valence-corrected chi connectivity index (χ0v) is 16.8. The Bertz CT molecular complexity index is 1130. The van der Waals surface area contributed by atoms with Crippen molar-refractivity contribution in [3.8, 4) is 0 Å². The molecule has 0 saturated carbocycles. The fourth-order valence-corrected chi connectivity index (χ4v) is 3.36. The van der Waals surface area contributed by atoms with Crippen molar-refractivity contribution in [1.82, 2.24) is 24.4 Å². The van der Waals surface area contributed by atoms with Gasteiger partial charge in [-0.15, -0.1) is 0 Å². The average Bonchev–Trinajstić information content (AvgIpc) is 3.07. The summed E-state index contributed by atoms with van der Waals surface area (Å²) in [5.41, 5.74) is 0.394. The van der Waals surface area contributed by atoms with Crippen LogP contribution in [0.2, 0.25) is 0 Å². The molecule has 3 rings (SSSR count). The Hall–Kier alpha value is -2.81. The third-order valence-electron chi connectivity index (χ3n) is 5.03. The first-order valence-electron chi connectivity index (χ1n) is 9.77. The summed E-state index contributed by atoms with van der Waals surface area (Å²) >= 11 is 0. The number of hydrogen-bond donors (Lipinski definition) is 2. The zero-order chi connectivity index (χ0) is 21.1. The van der Waals surface area contributed by atoms with Crippen molar-refractivity contribution in [2.75, 3.05) is 0 Å². The number of nitrogens with zero attached hydrogens (tertiary/aromatic N) is 3. The van der Waals surface area contributed by atoms with Gasteiger partial charge in [-0.3, -0.25) is 14.3 Å². The second-order valence-electron chi connectivity index (χ2n) is 6.99. The number of H-pyrrole nitrogens is 1. The molecule has 0 aliphatic heterocycles. The van der Waals surface area contributed by atoms with Crippen molar-refractivity contribution in [3.63, 3.8) is 0 Å². The fourth-order valence-electron chi connectivity index (χ4n) is 3.36. The minimum atomic E-state index is -0.900. The largest absolute Gasteiger partial charge is 0.330 e. The SMILES string of the molecule is CCCCn1c(=O)[nH]c(=O)c2c1nc(CNC(C)c1ccc(F)c(F)c1)n2CC. The topological polar surface area (TPSA) is 84.7 Å². The minimum Gasteiger partial charge on any atom is -0.321 e. The number of aromatic amines is 1. The molecule has 1 unspecified atom stereocenters. The van der Waals surface area contributed by atoms with Crippen LogP contribution < -0.4 is 16.6 Å². The van der Waals surface area contributed by atoms with Crippen LogP contribution in [-0.2, 0) is 19.6 Å². The van der Waals surface area contributed by atoms with E-state index in [4.69, 9.17) is 0 Å². The number of nitrogens with one attached hydrogen (secondary N) is 2. The molecule has 0 aliphatic rings. The summed E-state index contributed by atoms with van der Waals surface area (Å²) in [6.45, 7) is 7.02. The van der Waals surface area contributed by atoms with Crippen LogP contribution in [0.5, 0.6) is 0 Å². The predicted molar refractivity (Wildman–Crippen MR) is 107 cm³/mol. The molecule has 0 radical (unpaired) electrons. The number of unbranched alkanes of at least 4 members (excludes halogenated alkanes) is 1. The van der Waals surface area contributed by atoms with Crippen LogP contribution in [0.25, 0.3) is 11.2 Å². The molecule has 2 N–H and O–H groups in total. The van der Waals surface area contributed by atoms with Gasteiger partial charge in [-0.05, 0) is 38.0 Å². The van der Waals surface area contributed by atoms with Gasteiger partial charge in [-0.1, -0.05) is 19.4 Å². The monoisotopic (exact) mass is 405 g/mol. The van der Waals surface area contributed by atoms with E-state index >= 15 is 0 Å². The molecule has 0 fully saturated rings. The van der Waals surface area contributed by atoms with Crippen LogP contribution in [0.1, 0.15) is 51.0 Å². The Morgan fingerprint density at radius 3 is 2.59 bits per heavy atom. The fraction of sp³-hybridized carbons (Fsp3) is 0.450. The van der Waals surface area contributed by atoms with E-state index in [0.29, 0.717) is 42.2 Å². The first-order valence-corrected chi connectivity index (χ1v) is 9.77. The molecule has 156 valence electrons. The summed E-state index contributed by atoms with van der Waals surface area (Å²) in [5, 5.41) is 3.22. The number of halogens is 2. The van der Waals surface area contributed by atoms with Gasteiger partial charge in [0, 0.05) is 19.1 Å². The highest BCUT2D eigenvalue weighted by molar-refractivity contribution is 5.71. The Morgan fingerprint density at radius 2 is 1.93 bits per heavy atom. The maximum atomic E-state index is 13.5. The molecule has 3 aromatic rings. The number of benzene rings is 1. The minimum absolute atomic E-state index is 0.268. The lowest BCUT2D eigenvalue weighted by atomic mass is 10.1. The second-order valence-corrected chi connectivity index (χ2v) is 6.99. The van der Waals surface area contributed by atoms with Gasteiger partial charge in [0.05, 0.1) is 6.54 Å². The van der Waals surface area contributed by atoms with Gasteiger partial charge < -0.3 is 9.88 Å². The molecule has 29 heavy (non-hydrogen) atoms. The van der Waals surface area contributed by atoms with E-state index in [0.717, 1.165) is 25.0 Å². The van der Waals surface area contributed by atoms with E-state index in [-0.39, 0.29) is 6.04 Å². The van der Waals surface area contributed by atoms with Crippen molar-refractivity contribution in [2.45, 2.75) is 59.3 Å². The number of hydrogen-bond acceptors (Lipinski definition) is 4. The third kappa shape index (κ3) is 4.14. The van der Waals surface area contributed by atoms with Gasteiger partial charge in [0.2, 0.25) is 0 Å².